The summed E-state index contributed by atoms with van der Waals surface area (Å²) < 4.78 is 0. The van der Waals surface area contributed by atoms with Crippen LogP contribution in [-0.2, 0) is 0 Å². The van der Waals surface area contributed by atoms with Gasteiger partial charge in [-0.05, 0) is 12.5 Å². The summed E-state index contributed by atoms with van der Waals surface area (Å²) in [6, 6.07) is 10.2. The minimum Gasteiger partial charge on any atom is -0.366 e. The first-order valence-corrected chi connectivity index (χ1v) is 6.45. The Bertz CT molecular complexity index is 625. The molecule has 1 aromatic carbocycles. The second-order valence-electron chi connectivity index (χ2n) is 4.38. The largest absolute Gasteiger partial charge is 0.366 e. The lowest BCUT2D eigenvalue weighted by Crippen LogP contribution is -2.25. The molecule has 0 aliphatic rings. The van der Waals surface area contributed by atoms with Gasteiger partial charge in [0.2, 0.25) is 0 Å². The van der Waals surface area contributed by atoms with Gasteiger partial charge in [0.15, 0.2) is 0 Å². The highest BCUT2D eigenvalue weighted by atomic mass is 15.1. The summed E-state index contributed by atoms with van der Waals surface area (Å²) in [7, 11) is 0. The molecule has 0 saturated carbocycles. The van der Waals surface area contributed by atoms with Crippen LogP contribution in [0.25, 0.3) is 10.9 Å². The number of anilines is 1. The molecule has 0 fully saturated rings. The summed E-state index contributed by atoms with van der Waals surface area (Å²) in [4.78, 5) is 6.53. The first-order valence-electron chi connectivity index (χ1n) is 6.45. The van der Waals surface area contributed by atoms with Crippen LogP contribution in [0.3, 0.4) is 0 Å². The summed E-state index contributed by atoms with van der Waals surface area (Å²) in [5.74, 6) is 0. The molecule has 0 spiro atoms. The quantitative estimate of drug-likeness (QED) is 0.763. The molecular formula is C16H17N3. The molecule has 0 aliphatic heterocycles. The van der Waals surface area contributed by atoms with Crippen LogP contribution in [0.1, 0.15) is 18.9 Å². The van der Waals surface area contributed by atoms with E-state index in [4.69, 9.17) is 0 Å². The first kappa shape index (κ1) is 13.1. The lowest BCUT2D eigenvalue weighted by molar-refractivity contribution is 0.818. The van der Waals surface area contributed by atoms with Crippen molar-refractivity contribution >= 4 is 16.6 Å². The monoisotopic (exact) mass is 251 g/mol. The molecule has 0 saturated heterocycles. The van der Waals surface area contributed by atoms with Crippen molar-refractivity contribution < 1.29 is 0 Å². The van der Waals surface area contributed by atoms with Gasteiger partial charge >= 0.3 is 0 Å². The molecule has 2 rings (SSSR count). The molecule has 96 valence electrons. The van der Waals surface area contributed by atoms with Crippen LogP contribution in [0.4, 0.5) is 5.69 Å². The molecule has 0 radical (unpaired) electrons. The maximum Gasteiger partial charge on any atom is 0.103 e. The fraction of sp³-hybridized carbons (Fsp3) is 0.250. The van der Waals surface area contributed by atoms with Gasteiger partial charge in [0, 0.05) is 24.7 Å². The number of aromatic nitrogens is 1. The number of fused-ring (bicyclic) bond motifs is 1. The molecule has 0 atom stereocenters. The molecule has 1 heterocycles. The van der Waals surface area contributed by atoms with Gasteiger partial charge in [-0.15, -0.1) is 6.58 Å². The highest BCUT2D eigenvalue weighted by Crippen LogP contribution is 2.29. The average Bonchev–Trinajstić information content (AvgIpc) is 2.46. The van der Waals surface area contributed by atoms with Crippen molar-refractivity contribution in [3.8, 4) is 6.07 Å². The molecule has 0 unspecified atom stereocenters. The number of nitriles is 1. The SMILES string of the molecule is C=CCN(CCC)c1c(C#N)cnc2ccccc12. The third-order valence-corrected chi connectivity index (χ3v) is 3.03. The third-order valence-electron chi connectivity index (χ3n) is 3.03. The number of para-hydroxylation sites is 1. The summed E-state index contributed by atoms with van der Waals surface area (Å²) in [5.41, 5.74) is 2.51. The van der Waals surface area contributed by atoms with Gasteiger partial charge in [0.05, 0.1) is 16.8 Å². The van der Waals surface area contributed by atoms with Crippen molar-refractivity contribution in [2.24, 2.45) is 0 Å². The normalized spacial score (nSPS) is 10.1. The molecule has 0 N–H and O–H groups in total. The van der Waals surface area contributed by atoms with E-state index in [-0.39, 0.29) is 0 Å². The summed E-state index contributed by atoms with van der Waals surface area (Å²) in [5, 5.41) is 10.3. The molecular weight excluding hydrogens is 234 g/mol. The maximum atomic E-state index is 9.32. The van der Waals surface area contributed by atoms with E-state index in [1.807, 2.05) is 30.3 Å². The zero-order chi connectivity index (χ0) is 13.7. The predicted octanol–water partition coefficient (Wildman–Crippen LogP) is 3.51. The second kappa shape index (κ2) is 6.01. The van der Waals surface area contributed by atoms with Gasteiger partial charge in [0.1, 0.15) is 6.07 Å². The molecule has 0 bridgehead atoms. The fourth-order valence-electron chi connectivity index (χ4n) is 2.27. The summed E-state index contributed by atoms with van der Waals surface area (Å²) in [6.07, 6.45) is 4.55. The fourth-order valence-corrected chi connectivity index (χ4v) is 2.27. The topological polar surface area (TPSA) is 39.9 Å². The standard InChI is InChI=1S/C16H17N3/c1-3-9-19(10-4-2)16-13(11-17)12-18-15-8-6-5-7-14(15)16/h3,5-8,12H,1,4,9-10H2,2H3. The minimum absolute atomic E-state index is 0.619. The number of hydrogen-bond acceptors (Lipinski definition) is 3. The van der Waals surface area contributed by atoms with Crippen LogP contribution < -0.4 is 4.90 Å². The van der Waals surface area contributed by atoms with Gasteiger partial charge < -0.3 is 4.90 Å². The van der Waals surface area contributed by atoms with Crippen molar-refractivity contribution in [3.05, 3.63) is 48.7 Å². The van der Waals surface area contributed by atoms with Crippen molar-refractivity contribution in [1.29, 1.82) is 5.26 Å². The summed E-state index contributed by atoms with van der Waals surface area (Å²) >= 11 is 0. The highest BCUT2D eigenvalue weighted by Gasteiger charge is 2.14. The zero-order valence-electron chi connectivity index (χ0n) is 11.1. The Balaban J connectivity index is 2.66. The Morgan fingerprint density at radius 3 is 2.89 bits per heavy atom. The maximum absolute atomic E-state index is 9.32. The van der Waals surface area contributed by atoms with E-state index in [1.54, 1.807) is 6.20 Å². The zero-order valence-corrected chi connectivity index (χ0v) is 11.1. The number of pyridine rings is 1. The molecule has 0 aliphatic carbocycles. The molecule has 3 nitrogen and oxygen atoms in total. The van der Waals surface area contributed by atoms with E-state index in [9.17, 15) is 5.26 Å². The Morgan fingerprint density at radius 1 is 1.42 bits per heavy atom. The number of rotatable bonds is 5. The average molecular weight is 251 g/mol. The van der Waals surface area contributed by atoms with Crippen molar-refractivity contribution in [2.45, 2.75) is 13.3 Å². The minimum atomic E-state index is 0.619. The van der Waals surface area contributed by atoms with Crippen molar-refractivity contribution in [3.63, 3.8) is 0 Å². The van der Waals surface area contributed by atoms with Crippen molar-refractivity contribution in [1.82, 2.24) is 4.98 Å². The first-order chi connectivity index (χ1) is 9.31. The van der Waals surface area contributed by atoms with Crippen LogP contribution in [0, 0.1) is 11.3 Å². The smallest absolute Gasteiger partial charge is 0.103 e. The van der Waals surface area contributed by atoms with Crippen LogP contribution >= 0.6 is 0 Å². The molecule has 0 amide bonds. The third kappa shape index (κ3) is 2.58. The van der Waals surface area contributed by atoms with Gasteiger partial charge in [-0.2, -0.15) is 5.26 Å². The molecule has 19 heavy (non-hydrogen) atoms. The van der Waals surface area contributed by atoms with Gasteiger partial charge in [-0.3, -0.25) is 4.98 Å². The molecule has 1 aromatic heterocycles. The van der Waals surface area contributed by atoms with Gasteiger partial charge in [-0.1, -0.05) is 31.2 Å². The van der Waals surface area contributed by atoms with Crippen LogP contribution in [-0.4, -0.2) is 18.1 Å². The number of hydrogen-bond donors (Lipinski definition) is 0. The second-order valence-corrected chi connectivity index (χ2v) is 4.38. The Labute approximate surface area is 113 Å². The van der Waals surface area contributed by atoms with E-state index < -0.39 is 0 Å². The van der Waals surface area contributed by atoms with Gasteiger partial charge in [-0.25, -0.2) is 0 Å². The van der Waals surface area contributed by atoms with E-state index in [2.05, 4.69) is 29.5 Å². The van der Waals surface area contributed by atoms with Crippen LogP contribution in [0.5, 0.6) is 0 Å². The molecule has 2 aromatic rings. The van der Waals surface area contributed by atoms with Crippen LogP contribution in [0.2, 0.25) is 0 Å². The van der Waals surface area contributed by atoms with Crippen LogP contribution in [0.15, 0.2) is 43.1 Å². The Kier molecular flexibility index (Phi) is 4.15. The molecule has 3 heteroatoms. The highest BCUT2D eigenvalue weighted by molar-refractivity contribution is 5.94. The van der Waals surface area contributed by atoms with E-state index in [1.165, 1.54) is 0 Å². The Morgan fingerprint density at radius 2 is 2.21 bits per heavy atom. The lowest BCUT2D eigenvalue weighted by Gasteiger charge is -2.25. The number of benzene rings is 1. The van der Waals surface area contributed by atoms with E-state index >= 15 is 0 Å². The van der Waals surface area contributed by atoms with E-state index in [0.29, 0.717) is 5.56 Å². The predicted molar refractivity (Wildman–Crippen MR) is 79.2 cm³/mol. The van der Waals surface area contributed by atoms with Crippen molar-refractivity contribution in [2.75, 3.05) is 18.0 Å². The summed E-state index contributed by atoms with van der Waals surface area (Å²) in [6.45, 7) is 7.56. The van der Waals surface area contributed by atoms with E-state index in [0.717, 1.165) is 36.1 Å². The Hall–Kier alpha value is -2.34. The number of nitrogens with zero attached hydrogens (tertiary/aromatic N) is 3. The lowest BCUT2D eigenvalue weighted by atomic mass is 10.1. The van der Waals surface area contributed by atoms with Gasteiger partial charge in [0.25, 0.3) is 0 Å².